The molecule has 1 unspecified atom stereocenters. The molecule has 0 aliphatic heterocycles. The second-order valence-corrected chi connectivity index (χ2v) is 6.53. The van der Waals surface area contributed by atoms with E-state index in [0.29, 0.717) is 0 Å². The minimum absolute atomic E-state index is 0. The third-order valence-corrected chi connectivity index (χ3v) is 4.46. The quantitative estimate of drug-likeness (QED) is 0.401. The second kappa shape index (κ2) is 10.1. The van der Waals surface area contributed by atoms with E-state index in [1.165, 1.54) is 10.4 Å². The summed E-state index contributed by atoms with van der Waals surface area (Å²) in [5.41, 5.74) is 1.24. The molecule has 0 saturated heterocycles. The van der Waals surface area contributed by atoms with E-state index in [2.05, 4.69) is 40.7 Å². The van der Waals surface area contributed by atoms with Gasteiger partial charge in [0.15, 0.2) is 5.96 Å². The van der Waals surface area contributed by atoms with Crippen LogP contribution in [-0.4, -0.2) is 19.6 Å². The Bertz CT molecular complexity index is 586. The summed E-state index contributed by atoms with van der Waals surface area (Å²) in [6, 6.07) is 14.6. The van der Waals surface area contributed by atoms with Crippen molar-refractivity contribution in [1.82, 2.24) is 10.6 Å². The third kappa shape index (κ3) is 6.14. The molecule has 6 heteroatoms. The second-order valence-electron chi connectivity index (χ2n) is 4.73. The lowest BCUT2D eigenvalue weighted by Gasteiger charge is -2.18. The molecule has 0 fully saturated rings. The lowest BCUT2D eigenvalue weighted by molar-refractivity contribution is 0.685. The lowest BCUT2D eigenvalue weighted by atomic mass is 10.1. The van der Waals surface area contributed by atoms with Gasteiger partial charge in [-0.2, -0.15) is 0 Å². The summed E-state index contributed by atoms with van der Waals surface area (Å²) in [6.45, 7) is 2.96. The minimum atomic E-state index is 0. The molecule has 0 bridgehead atoms. The third-order valence-electron chi connectivity index (χ3n) is 3.17. The molecule has 0 amide bonds. The van der Waals surface area contributed by atoms with Crippen molar-refractivity contribution in [3.63, 3.8) is 0 Å². The number of hydrogen-bond donors (Lipinski definition) is 2. The molecule has 1 atom stereocenters. The molecule has 0 spiro atoms. The Morgan fingerprint density at radius 2 is 1.95 bits per heavy atom. The molecular weight excluding hydrogens is 429 g/mol. The van der Waals surface area contributed by atoms with Gasteiger partial charge in [-0.15, -0.1) is 35.3 Å². The van der Waals surface area contributed by atoms with Gasteiger partial charge in [0.2, 0.25) is 0 Å². The van der Waals surface area contributed by atoms with Gasteiger partial charge in [-0.05, 0) is 31.0 Å². The lowest BCUT2D eigenvalue weighted by Crippen LogP contribution is -2.39. The SMILES string of the molecule is CN=C(NCCc1ccc(Cl)s1)NC(C)c1ccccc1.I. The van der Waals surface area contributed by atoms with E-state index in [1.807, 2.05) is 24.3 Å². The number of aliphatic imine (C=N–C) groups is 1. The predicted octanol–water partition coefficient (Wildman–Crippen LogP) is 4.49. The van der Waals surface area contributed by atoms with Gasteiger partial charge < -0.3 is 10.6 Å². The average molecular weight is 450 g/mol. The van der Waals surface area contributed by atoms with Gasteiger partial charge in [0.1, 0.15) is 0 Å². The number of nitrogens with zero attached hydrogens (tertiary/aromatic N) is 1. The highest BCUT2D eigenvalue weighted by molar-refractivity contribution is 14.0. The highest BCUT2D eigenvalue weighted by Gasteiger charge is 2.07. The Labute approximate surface area is 158 Å². The Kier molecular flexibility index (Phi) is 8.82. The standard InChI is InChI=1S/C16H20ClN3S.HI/c1-12(13-6-4-3-5-7-13)20-16(18-2)19-11-10-14-8-9-15(17)21-14;/h3-9,12H,10-11H2,1-2H3,(H2,18,19,20);1H. The van der Waals surface area contributed by atoms with E-state index in [0.717, 1.165) is 23.3 Å². The maximum absolute atomic E-state index is 5.93. The first-order valence-electron chi connectivity index (χ1n) is 6.95. The number of benzene rings is 1. The van der Waals surface area contributed by atoms with Gasteiger partial charge in [0.05, 0.1) is 10.4 Å². The van der Waals surface area contributed by atoms with Crippen molar-refractivity contribution in [3.8, 4) is 0 Å². The normalized spacial score (nSPS) is 12.4. The Morgan fingerprint density at radius 1 is 1.23 bits per heavy atom. The summed E-state index contributed by atoms with van der Waals surface area (Å²) in [6.07, 6.45) is 0.942. The van der Waals surface area contributed by atoms with Crippen LogP contribution >= 0.6 is 46.9 Å². The van der Waals surface area contributed by atoms with Crippen molar-refractivity contribution in [1.29, 1.82) is 0 Å². The molecule has 0 radical (unpaired) electrons. The van der Waals surface area contributed by atoms with Crippen LogP contribution in [0.15, 0.2) is 47.5 Å². The van der Waals surface area contributed by atoms with Crippen LogP contribution in [-0.2, 0) is 6.42 Å². The zero-order valence-corrected chi connectivity index (χ0v) is 16.6. The summed E-state index contributed by atoms with van der Waals surface area (Å²) in [5, 5.41) is 6.72. The van der Waals surface area contributed by atoms with Crippen molar-refractivity contribution in [2.24, 2.45) is 4.99 Å². The largest absolute Gasteiger partial charge is 0.356 e. The average Bonchev–Trinajstić information content (AvgIpc) is 2.92. The fourth-order valence-electron chi connectivity index (χ4n) is 2.01. The molecule has 0 aliphatic rings. The van der Waals surface area contributed by atoms with Gasteiger partial charge >= 0.3 is 0 Å². The number of rotatable bonds is 5. The molecule has 0 aliphatic carbocycles. The van der Waals surface area contributed by atoms with Crippen LogP contribution in [0.1, 0.15) is 23.4 Å². The molecule has 22 heavy (non-hydrogen) atoms. The van der Waals surface area contributed by atoms with Crippen LogP contribution in [0.25, 0.3) is 0 Å². The molecule has 1 heterocycles. The number of hydrogen-bond acceptors (Lipinski definition) is 2. The monoisotopic (exact) mass is 449 g/mol. The van der Waals surface area contributed by atoms with Crippen LogP contribution in [0, 0.1) is 0 Å². The summed E-state index contributed by atoms with van der Waals surface area (Å²) in [4.78, 5) is 5.54. The molecule has 120 valence electrons. The smallest absolute Gasteiger partial charge is 0.191 e. The maximum atomic E-state index is 5.93. The molecular formula is C16H21ClIN3S. The van der Waals surface area contributed by atoms with Crippen LogP contribution in [0.5, 0.6) is 0 Å². The van der Waals surface area contributed by atoms with Gasteiger partial charge in [-0.1, -0.05) is 41.9 Å². The van der Waals surface area contributed by atoms with Crippen LogP contribution in [0.4, 0.5) is 0 Å². The van der Waals surface area contributed by atoms with Gasteiger partial charge in [-0.25, -0.2) is 0 Å². The van der Waals surface area contributed by atoms with Crippen molar-refractivity contribution in [3.05, 3.63) is 57.2 Å². The summed E-state index contributed by atoms with van der Waals surface area (Å²) in [5.74, 6) is 0.814. The topological polar surface area (TPSA) is 36.4 Å². The van der Waals surface area contributed by atoms with E-state index < -0.39 is 0 Å². The molecule has 0 saturated carbocycles. The first kappa shape index (κ1) is 19.3. The van der Waals surface area contributed by atoms with Crippen molar-refractivity contribution >= 4 is 52.9 Å². The molecule has 3 nitrogen and oxygen atoms in total. The molecule has 1 aromatic carbocycles. The summed E-state index contributed by atoms with van der Waals surface area (Å²) >= 11 is 7.55. The fourth-order valence-corrected chi connectivity index (χ4v) is 3.10. The van der Waals surface area contributed by atoms with Gasteiger partial charge in [-0.3, -0.25) is 4.99 Å². The number of nitrogens with one attached hydrogen (secondary N) is 2. The summed E-state index contributed by atoms with van der Waals surface area (Å²) < 4.78 is 0.838. The predicted molar refractivity (Wildman–Crippen MR) is 108 cm³/mol. The van der Waals surface area contributed by atoms with E-state index >= 15 is 0 Å². The number of halogens is 2. The van der Waals surface area contributed by atoms with E-state index in [9.17, 15) is 0 Å². The van der Waals surface area contributed by atoms with Gasteiger partial charge in [0.25, 0.3) is 0 Å². The number of guanidine groups is 1. The first-order valence-corrected chi connectivity index (χ1v) is 8.15. The van der Waals surface area contributed by atoms with Crippen molar-refractivity contribution in [2.75, 3.05) is 13.6 Å². The summed E-state index contributed by atoms with van der Waals surface area (Å²) in [7, 11) is 1.79. The van der Waals surface area contributed by atoms with Crippen LogP contribution in [0.2, 0.25) is 4.34 Å². The van der Waals surface area contributed by atoms with Crippen LogP contribution < -0.4 is 10.6 Å². The molecule has 2 N–H and O–H groups in total. The molecule has 2 aromatic rings. The van der Waals surface area contributed by atoms with E-state index in [-0.39, 0.29) is 30.0 Å². The Balaban J connectivity index is 0.00000242. The molecule has 2 rings (SSSR count). The maximum Gasteiger partial charge on any atom is 0.191 e. The Morgan fingerprint density at radius 3 is 2.55 bits per heavy atom. The van der Waals surface area contributed by atoms with Crippen molar-refractivity contribution in [2.45, 2.75) is 19.4 Å². The van der Waals surface area contributed by atoms with Gasteiger partial charge in [0, 0.05) is 18.5 Å². The van der Waals surface area contributed by atoms with Crippen molar-refractivity contribution < 1.29 is 0 Å². The van der Waals surface area contributed by atoms with E-state index in [1.54, 1.807) is 18.4 Å². The van der Waals surface area contributed by atoms with Crippen LogP contribution in [0.3, 0.4) is 0 Å². The Hall–Kier alpha value is -0.790. The highest BCUT2D eigenvalue weighted by atomic mass is 127. The zero-order valence-electron chi connectivity index (χ0n) is 12.7. The zero-order chi connectivity index (χ0) is 15.1. The fraction of sp³-hybridized carbons (Fsp3) is 0.312. The first-order chi connectivity index (χ1) is 10.2. The number of thiophene rings is 1. The minimum Gasteiger partial charge on any atom is -0.356 e. The molecule has 1 aromatic heterocycles. The van der Waals surface area contributed by atoms with E-state index in [4.69, 9.17) is 11.6 Å². The highest BCUT2D eigenvalue weighted by Crippen LogP contribution is 2.21.